The Morgan fingerprint density at radius 1 is 1.25 bits per heavy atom. The highest BCUT2D eigenvalue weighted by molar-refractivity contribution is 5.79. The first-order chi connectivity index (χ1) is 9.65. The second-order valence-electron chi connectivity index (χ2n) is 5.30. The van der Waals surface area contributed by atoms with E-state index < -0.39 is 0 Å². The molecule has 3 N–H and O–H groups in total. The van der Waals surface area contributed by atoms with Crippen LogP contribution in [0.2, 0.25) is 0 Å². The number of hydrogen-bond acceptors (Lipinski definition) is 3. The normalized spacial score (nSPS) is 21.6. The van der Waals surface area contributed by atoms with E-state index in [1.807, 2.05) is 0 Å². The van der Waals surface area contributed by atoms with Crippen molar-refractivity contribution in [2.24, 2.45) is 5.92 Å². The molecule has 1 aromatic carbocycles. The van der Waals surface area contributed by atoms with Gasteiger partial charge in [0.05, 0.1) is 5.92 Å². The molecule has 3 rings (SSSR count). The summed E-state index contributed by atoms with van der Waals surface area (Å²) in [5, 5.41) is 14.9. The molecule has 20 heavy (non-hydrogen) atoms. The highest BCUT2D eigenvalue weighted by atomic mass is 19.1. The summed E-state index contributed by atoms with van der Waals surface area (Å²) in [6.45, 7) is 1.88. The minimum atomic E-state index is -0.331. The number of hydrogen-bond donors (Lipinski definition) is 3. The summed E-state index contributed by atoms with van der Waals surface area (Å²) < 4.78 is 12.0. The van der Waals surface area contributed by atoms with E-state index in [1.165, 1.54) is 43.5 Å². The topological polar surface area (TPSA) is 61.4 Å². The molecule has 1 heterocycles. The van der Waals surface area contributed by atoms with Crippen LogP contribution in [0.4, 0.5) is 4.39 Å². The van der Waals surface area contributed by atoms with Gasteiger partial charge in [-0.2, -0.15) is 0 Å². The fourth-order valence-electron chi connectivity index (χ4n) is 2.19. The van der Waals surface area contributed by atoms with Gasteiger partial charge in [0.25, 0.3) is 0 Å². The molecule has 0 unspecified atom stereocenters. The first-order valence-corrected chi connectivity index (χ1v) is 7.11. The molecular weight excluding hydrogens is 259 g/mol. The monoisotopic (exact) mass is 280 g/mol. The van der Waals surface area contributed by atoms with E-state index in [9.17, 15) is 9.18 Å². The number of carbonyl (C=O) groups is 1. The second kappa shape index (κ2) is 7.24. The molecule has 2 fully saturated rings. The SMILES string of the molecule is O=C(NC1CCC1)[C@@H]1CCNC1.Oc1ccc(F)cc1. The summed E-state index contributed by atoms with van der Waals surface area (Å²) in [6, 6.07) is 5.51. The third-order valence-corrected chi connectivity index (χ3v) is 3.71. The van der Waals surface area contributed by atoms with E-state index in [0.29, 0.717) is 6.04 Å². The van der Waals surface area contributed by atoms with Crippen molar-refractivity contribution in [2.75, 3.05) is 13.1 Å². The summed E-state index contributed by atoms with van der Waals surface area (Å²) >= 11 is 0. The number of phenols is 1. The van der Waals surface area contributed by atoms with Crippen molar-refractivity contribution in [3.63, 3.8) is 0 Å². The van der Waals surface area contributed by atoms with Crippen LogP contribution in [0.1, 0.15) is 25.7 Å². The Morgan fingerprint density at radius 2 is 1.95 bits per heavy atom. The maximum absolute atomic E-state index is 12.0. The van der Waals surface area contributed by atoms with Crippen LogP contribution in [-0.2, 0) is 4.79 Å². The van der Waals surface area contributed by atoms with Gasteiger partial charge in [0.15, 0.2) is 0 Å². The number of halogens is 1. The van der Waals surface area contributed by atoms with Gasteiger partial charge in [0.1, 0.15) is 11.6 Å². The minimum Gasteiger partial charge on any atom is -0.508 e. The van der Waals surface area contributed by atoms with Crippen LogP contribution in [-0.4, -0.2) is 30.1 Å². The molecule has 2 aliphatic rings. The van der Waals surface area contributed by atoms with Crippen molar-refractivity contribution in [2.45, 2.75) is 31.7 Å². The summed E-state index contributed by atoms with van der Waals surface area (Å²) in [6.07, 6.45) is 4.67. The summed E-state index contributed by atoms with van der Waals surface area (Å²) in [5.41, 5.74) is 0. The Balaban J connectivity index is 0.000000160. The number of nitrogens with one attached hydrogen (secondary N) is 2. The smallest absolute Gasteiger partial charge is 0.224 e. The third-order valence-electron chi connectivity index (χ3n) is 3.71. The van der Waals surface area contributed by atoms with E-state index in [2.05, 4.69) is 10.6 Å². The van der Waals surface area contributed by atoms with E-state index in [4.69, 9.17) is 5.11 Å². The standard InChI is InChI=1S/C9H16N2O.C6H5FO/c12-9(7-4-5-10-6-7)11-8-2-1-3-8;7-5-1-3-6(8)4-2-5/h7-8,10H,1-6H2,(H,11,12);1-4,8H/t7-;/m1./s1. The van der Waals surface area contributed by atoms with Gasteiger partial charge in [-0.3, -0.25) is 4.79 Å². The van der Waals surface area contributed by atoms with E-state index >= 15 is 0 Å². The second-order valence-corrected chi connectivity index (χ2v) is 5.30. The van der Waals surface area contributed by atoms with Gasteiger partial charge in [-0.1, -0.05) is 0 Å². The van der Waals surface area contributed by atoms with Crippen LogP contribution in [0, 0.1) is 11.7 Å². The van der Waals surface area contributed by atoms with Crippen LogP contribution < -0.4 is 10.6 Å². The number of carbonyl (C=O) groups excluding carboxylic acids is 1. The molecule has 110 valence electrons. The van der Waals surface area contributed by atoms with Crippen molar-refractivity contribution < 1.29 is 14.3 Å². The zero-order valence-corrected chi connectivity index (χ0v) is 11.4. The molecular formula is C15H21FN2O2. The molecule has 1 aliphatic heterocycles. The molecule has 0 bridgehead atoms. The van der Waals surface area contributed by atoms with Crippen LogP contribution in [0.3, 0.4) is 0 Å². The Labute approximate surface area is 118 Å². The lowest BCUT2D eigenvalue weighted by Gasteiger charge is -2.27. The average molecular weight is 280 g/mol. The lowest BCUT2D eigenvalue weighted by molar-refractivity contribution is -0.125. The lowest BCUT2D eigenvalue weighted by Crippen LogP contribution is -2.43. The first-order valence-electron chi connectivity index (χ1n) is 7.11. The highest BCUT2D eigenvalue weighted by Crippen LogP contribution is 2.19. The van der Waals surface area contributed by atoms with Crippen molar-refractivity contribution in [1.29, 1.82) is 0 Å². The van der Waals surface area contributed by atoms with E-state index in [1.54, 1.807) is 0 Å². The fourth-order valence-corrected chi connectivity index (χ4v) is 2.19. The number of aromatic hydroxyl groups is 1. The van der Waals surface area contributed by atoms with Gasteiger partial charge in [-0.05, 0) is 56.5 Å². The van der Waals surface area contributed by atoms with E-state index in [0.717, 1.165) is 19.5 Å². The molecule has 0 radical (unpaired) electrons. The van der Waals surface area contributed by atoms with Gasteiger partial charge >= 0.3 is 0 Å². The molecule has 1 saturated heterocycles. The van der Waals surface area contributed by atoms with Crippen LogP contribution in [0.5, 0.6) is 5.75 Å². The molecule has 0 spiro atoms. The van der Waals surface area contributed by atoms with Gasteiger partial charge in [0.2, 0.25) is 5.91 Å². The van der Waals surface area contributed by atoms with Crippen molar-refractivity contribution in [1.82, 2.24) is 10.6 Å². The number of phenolic OH excluding ortho intramolecular Hbond substituents is 1. The van der Waals surface area contributed by atoms with Crippen molar-refractivity contribution in [3.8, 4) is 5.75 Å². The Kier molecular flexibility index (Phi) is 5.35. The maximum Gasteiger partial charge on any atom is 0.224 e. The average Bonchev–Trinajstić information content (AvgIpc) is 2.92. The highest BCUT2D eigenvalue weighted by Gasteiger charge is 2.26. The summed E-state index contributed by atoms with van der Waals surface area (Å²) in [5.74, 6) is 0.268. The molecule has 1 saturated carbocycles. The molecule has 1 aromatic rings. The Hall–Kier alpha value is -1.62. The number of rotatable bonds is 2. The molecule has 4 nitrogen and oxygen atoms in total. The van der Waals surface area contributed by atoms with Crippen molar-refractivity contribution in [3.05, 3.63) is 30.1 Å². The zero-order valence-electron chi connectivity index (χ0n) is 11.4. The predicted molar refractivity (Wildman–Crippen MR) is 74.8 cm³/mol. The summed E-state index contributed by atoms with van der Waals surface area (Å²) in [7, 11) is 0. The first kappa shape index (κ1) is 14.8. The fraction of sp³-hybridized carbons (Fsp3) is 0.533. The third kappa shape index (κ3) is 4.49. The largest absolute Gasteiger partial charge is 0.508 e. The number of benzene rings is 1. The molecule has 1 amide bonds. The Bertz CT molecular complexity index is 405. The van der Waals surface area contributed by atoms with Gasteiger partial charge < -0.3 is 15.7 Å². The number of amides is 1. The predicted octanol–water partition coefficient (Wildman–Crippen LogP) is 1.80. The van der Waals surface area contributed by atoms with Crippen LogP contribution in [0.15, 0.2) is 24.3 Å². The molecule has 1 atom stereocenters. The molecule has 5 heteroatoms. The zero-order chi connectivity index (χ0) is 14.4. The maximum atomic E-state index is 12.0. The lowest BCUT2D eigenvalue weighted by atomic mass is 9.92. The Morgan fingerprint density at radius 3 is 2.40 bits per heavy atom. The van der Waals surface area contributed by atoms with Gasteiger partial charge in [-0.15, -0.1) is 0 Å². The quantitative estimate of drug-likeness (QED) is 0.774. The molecule has 1 aliphatic carbocycles. The van der Waals surface area contributed by atoms with Crippen LogP contribution in [0.25, 0.3) is 0 Å². The van der Waals surface area contributed by atoms with Crippen molar-refractivity contribution >= 4 is 5.91 Å². The minimum absolute atomic E-state index is 0.0893. The van der Waals surface area contributed by atoms with E-state index in [-0.39, 0.29) is 23.4 Å². The van der Waals surface area contributed by atoms with Gasteiger partial charge in [-0.25, -0.2) is 4.39 Å². The van der Waals surface area contributed by atoms with Gasteiger partial charge in [0, 0.05) is 12.6 Å². The summed E-state index contributed by atoms with van der Waals surface area (Å²) in [4.78, 5) is 11.5. The molecule has 0 aromatic heterocycles. The van der Waals surface area contributed by atoms with Crippen LogP contribution >= 0.6 is 0 Å².